The van der Waals surface area contributed by atoms with Crippen molar-refractivity contribution in [2.45, 2.75) is 45.6 Å². The lowest BCUT2D eigenvalue weighted by Gasteiger charge is -2.04. The first-order chi connectivity index (χ1) is 8.86. The second kappa shape index (κ2) is 6.39. The smallest absolute Gasteiger partial charge is 0.124 e. The Kier molecular flexibility index (Phi) is 4.57. The van der Waals surface area contributed by atoms with Gasteiger partial charge in [0.25, 0.3) is 0 Å². The van der Waals surface area contributed by atoms with Gasteiger partial charge in [0.15, 0.2) is 0 Å². The van der Waals surface area contributed by atoms with Gasteiger partial charge in [-0.05, 0) is 18.1 Å². The van der Waals surface area contributed by atoms with E-state index in [2.05, 4.69) is 35.9 Å². The van der Waals surface area contributed by atoms with Crippen molar-refractivity contribution in [1.29, 1.82) is 0 Å². The molecule has 2 nitrogen and oxygen atoms in total. The maximum Gasteiger partial charge on any atom is 0.124 e. The fourth-order valence-corrected chi connectivity index (χ4v) is 2.47. The number of rotatable bonds is 7. The number of unbranched alkanes of at least 4 members (excludes halogenated alkanes) is 3. The number of carbonyl (C=O) groups is 1. The molecule has 0 aliphatic rings. The topological polar surface area (TPSA) is 22.0 Å². The molecule has 0 N–H and O–H groups in total. The molecule has 0 saturated heterocycles. The van der Waals surface area contributed by atoms with Gasteiger partial charge in [-0.25, -0.2) is 0 Å². The van der Waals surface area contributed by atoms with Crippen LogP contribution in [0.4, 0.5) is 0 Å². The van der Waals surface area contributed by atoms with Gasteiger partial charge in [-0.15, -0.1) is 0 Å². The van der Waals surface area contributed by atoms with Crippen LogP contribution in [0.1, 0.15) is 38.2 Å². The summed E-state index contributed by atoms with van der Waals surface area (Å²) in [7, 11) is 0. The fraction of sp³-hybridized carbons (Fsp3) is 0.438. The first-order valence-electron chi connectivity index (χ1n) is 6.87. The molecule has 2 aromatic rings. The molecule has 1 aromatic heterocycles. The minimum Gasteiger partial charge on any atom is -0.347 e. The Balaban J connectivity index is 2.18. The number of fused-ring (bicyclic) bond motifs is 1. The lowest BCUT2D eigenvalue weighted by atomic mass is 10.1. The van der Waals surface area contributed by atoms with Crippen LogP contribution < -0.4 is 0 Å². The third kappa shape index (κ3) is 2.81. The van der Waals surface area contributed by atoms with Crippen molar-refractivity contribution in [3.05, 3.63) is 36.0 Å². The Bertz CT molecular complexity index is 513. The van der Waals surface area contributed by atoms with Gasteiger partial charge >= 0.3 is 0 Å². The average molecular weight is 243 g/mol. The highest BCUT2D eigenvalue weighted by Gasteiger charge is 2.06. The number of hydrogen-bond donors (Lipinski definition) is 0. The van der Waals surface area contributed by atoms with Gasteiger partial charge in [-0.1, -0.05) is 44.4 Å². The van der Waals surface area contributed by atoms with Crippen molar-refractivity contribution in [2.24, 2.45) is 0 Å². The van der Waals surface area contributed by atoms with Gasteiger partial charge in [0.2, 0.25) is 0 Å². The molecule has 0 aliphatic heterocycles. The van der Waals surface area contributed by atoms with E-state index in [-0.39, 0.29) is 0 Å². The van der Waals surface area contributed by atoms with Crippen molar-refractivity contribution in [3.63, 3.8) is 0 Å². The molecule has 96 valence electrons. The Morgan fingerprint density at radius 1 is 1.17 bits per heavy atom. The molecule has 2 rings (SSSR count). The zero-order valence-electron chi connectivity index (χ0n) is 11.1. The maximum atomic E-state index is 10.7. The van der Waals surface area contributed by atoms with Gasteiger partial charge in [0.1, 0.15) is 6.29 Å². The zero-order valence-corrected chi connectivity index (χ0v) is 11.1. The Morgan fingerprint density at radius 2 is 2.00 bits per heavy atom. The molecule has 1 aromatic carbocycles. The number of aromatic nitrogens is 1. The molecule has 0 bridgehead atoms. The normalized spacial score (nSPS) is 10.9. The van der Waals surface area contributed by atoms with Crippen LogP contribution in [0.25, 0.3) is 10.9 Å². The Hall–Kier alpha value is -1.57. The second-order valence-electron chi connectivity index (χ2n) is 4.80. The van der Waals surface area contributed by atoms with Gasteiger partial charge in [0.05, 0.1) is 0 Å². The molecule has 0 amide bonds. The van der Waals surface area contributed by atoms with E-state index in [1.807, 2.05) is 6.07 Å². The summed E-state index contributed by atoms with van der Waals surface area (Å²) in [5.41, 5.74) is 2.40. The number of aryl methyl sites for hydroxylation is 1. The van der Waals surface area contributed by atoms with Crippen molar-refractivity contribution in [2.75, 3.05) is 0 Å². The quantitative estimate of drug-likeness (QED) is 0.533. The molecule has 0 saturated carbocycles. The van der Waals surface area contributed by atoms with Crippen molar-refractivity contribution in [3.8, 4) is 0 Å². The van der Waals surface area contributed by atoms with E-state index in [1.165, 1.54) is 36.6 Å². The summed E-state index contributed by atoms with van der Waals surface area (Å²) in [5, 5.41) is 1.22. The highest BCUT2D eigenvalue weighted by molar-refractivity contribution is 5.85. The molecular formula is C16H21NO. The number of aldehydes is 1. The minimum atomic E-state index is 0.516. The van der Waals surface area contributed by atoms with E-state index >= 15 is 0 Å². The van der Waals surface area contributed by atoms with Crippen molar-refractivity contribution < 1.29 is 4.79 Å². The summed E-state index contributed by atoms with van der Waals surface area (Å²) >= 11 is 0. The van der Waals surface area contributed by atoms with Crippen LogP contribution in [0.2, 0.25) is 0 Å². The monoisotopic (exact) mass is 243 g/mol. The predicted molar refractivity (Wildman–Crippen MR) is 75.8 cm³/mol. The van der Waals surface area contributed by atoms with Crippen LogP contribution in [-0.4, -0.2) is 10.9 Å². The van der Waals surface area contributed by atoms with E-state index in [0.29, 0.717) is 6.42 Å². The minimum absolute atomic E-state index is 0.516. The van der Waals surface area contributed by atoms with Crippen LogP contribution in [0.5, 0.6) is 0 Å². The number of benzene rings is 1. The van der Waals surface area contributed by atoms with E-state index in [9.17, 15) is 4.79 Å². The van der Waals surface area contributed by atoms with Gasteiger partial charge < -0.3 is 9.36 Å². The number of para-hydroxylation sites is 1. The number of hydrogen-bond acceptors (Lipinski definition) is 1. The predicted octanol–water partition coefficient (Wildman–Crippen LogP) is 3.96. The zero-order chi connectivity index (χ0) is 12.8. The van der Waals surface area contributed by atoms with Crippen molar-refractivity contribution >= 4 is 17.2 Å². The maximum absolute atomic E-state index is 10.7. The van der Waals surface area contributed by atoms with Crippen LogP contribution in [0, 0.1) is 0 Å². The summed E-state index contributed by atoms with van der Waals surface area (Å²) < 4.78 is 2.30. The SMILES string of the molecule is CCCCCCn1cc(CC=O)c2ccccc21. The largest absolute Gasteiger partial charge is 0.347 e. The van der Waals surface area contributed by atoms with Gasteiger partial charge in [0, 0.05) is 30.1 Å². The Labute approximate surface area is 109 Å². The first-order valence-corrected chi connectivity index (χ1v) is 6.87. The second-order valence-corrected chi connectivity index (χ2v) is 4.80. The van der Waals surface area contributed by atoms with Crippen molar-refractivity contribution in [1.82, 2.24) is 4.57 Å². The van der Waals surface area contributed by atoms with Crippen LogP contribution in [0.3, 0.4) is 0 Å². The molecule has 1 heterocycles. The molecule has 0 atom stereocenters. The summed E-state index contributed by atoms with van der Waals surface area (Å²) in [6.45, 7) is 3.28. The lowest BCUT2D eigenvalue weighted by Crippen LogP contribution is -1.95. The van der Waals surface area contributed by atoms with Crippen LogP contribution >= 0.6 is 0 Å². The van der Waals surface area contributed by atoms with Gasteiger partial charge in [-0.2, -0.15) is 0 Å². The molecule has 0 radical (unpaired) electrons. The highest BCUT2D eigenvalue weighted by atomic mass is 16.1. The molecular weight excluding hydrogens is 222 g/mol. The van der Waals surface area contributed by atoms with E-state index in [0.717, 1.165) is 18.4 Å². The van der Waals surface area contributed by atoms with Crippen LogP contribution in [0.15, 0.2) is 30.5 Å². The van der Waals surface area contributed by atoms with E-state index < -0.39 is 0 Å². The third-order valence-corrected chi connectivity index (χ3v) is 3.43. The van der Waals surface area contributed by atoms with Crippen LogP contribution in [-0.2, 0) is 17.8 Å². The lowest BCUT2D eigenvalue weighted by molar-refractivity contribution is -0.107. The molecule has 0 aliphatic carbocycles. The Morgan fingerprint density at radius 3 is 2.78 bits per heavy atom. The summed E-state index contributed by atoms with van der Waals surface area (Å²) in [4.78, 5) is 10.7. The number of carbonyl (C=O) groups excluding carboxylic acids is 1. The average Bonchev–Trinajstić information content (AvgIpc) is 2.74. The van der Waals surface area contributed by atoms with E-state index in [1.54, 1.807) is 0 Å². The standard InChI is InChI=1S/C16H21NO/c1-2-3-4-7-11-17-13-14(10-12-18)15-8-5-6-9-16(15)17/h5-6,8-9,12-13H,2-4,7,10-11H2,1H3. The van der Waals surface area contributed by atoms with E-state index in [4.69, 9.17) is 0 Å². The summed E-state index contributed by atoms with van der Waals surface area (Å²) in [6.07, 6.45) is 8.72. The molecule has 0 unspecified atom stereocenters. The number of nitrogens with zero attached hydrogens (tertiary/aromatic N) is 1. The molecule has 18 heavy (non-hydrogen) atoms. The molecule has 2 heteroatoms. The summed E-state index contributed by atoms with van der Waals surface area (Å²) in [6, 6.07) is 8.35. The first kappa shape index (κ1) is 12.9. The molecule has 0 fully saturated rings. The third-order valence-electron chi connectivity index (χ3n) is 3.43. The van der Waals surface area contributed by atoms with Gasteiger partial charge in [-0.3, -0.25) is 0 Å². The highest BCUT2D eigenvalue weighted by Crippen LogP contribution is 2.22. The molecule has 0 spiro atoms. The fourth-order valence-electron chi connectivity index (χ4n) is 2.47. The summed E-state index contributed by atoms with van der Waals surface area (Å²) in [5.74, 6) is 0.